The van der Waals surface area contributed by atoms with Crippen LogP contribution in [0.2, 0.25) is 0 Å². The van der Waals surface area contributed by atoms with Crippen LogP contribution in [0.4, 0.5) is 22.0 Å². The highest BCUT2D eigenvalue weighted by molar-refractivity contribution is 6.13. The second-order valence-electron chi connectivity index (χ2n) is 7.99. The standard InChI is InChI=1S/C27H22F5NO2/c1-3-26(28,29)35-24-11-7-5-9-21(24)23-15-25(34-16-33-23)18-12-13-19(17(2)14-18)20-8-4-6-10-22(20)27(30,31)32/h4-15H,3,16H2,1-2H3. The summed E-state index contributed by atoms with van der Waals surface area (Å²) in [6.45, 7) is 3.00. The lowest BCUT2D eigenvalue weighted by Gasteiger charge is -2.21. The smallest absolute Gasteiger partial charge is 0.417 e. The minimum Gasteiger partial charge on any atom is -0.471 e. The Hall–Kier alpha value is -3.68. The summed E-state index contributed by atoms with van der Waals surface area (Å²) in [7, 11) is 0. The maximum atomic E-state index is 13.9. The number of nitrogens with zero attached hydrogens (tertiary/aromatic N) is 1. The molecule has 0 N–H and O–H groups in total. The number of rotatable bonds is 6. The zero-order valence-electron chi connectivity index (χ0n) is 19.0. The first-order valence-corrected chi connectivity index (χ1v) is 10.9. The molecule has 0 spiro atoms. The number of aryl methyl sites for hydroxylation is 1. The van der Waals surface area contributed by atoms with E-state index in [1.165, 1.54) is 25.1 Å². The van der Waals surface area contributed by atoms with Gasteiger partial charge in [0.2, 0.25) is 0 Å². The van der Waals surface area contributed by atoms with Gasteiger partial charge in [-0.3, -0.25) is 0 Å². The Morgan fingerprint density at radius 2 is 1.57 bits per heavy atom. The number of ether oxygens (including phenoxy) is 2. The summed E-state index contributed by atoms with van der Waals surface area (Å²) in [5.41, 5.74) is 1.87. The zero-order chi connectivity index (χ0) is 25.2. The molecule has 1 aliphatic rings. The molecule has 0 aromatic heterocycles. The Morgan fingerprint density at radius 3 is 2.26 bits per heavy atom. The summed E-state index contributed by atoms with van der Waals surface area (Å²) in [6, 6.07) is 16.8. The molecule has 0 unspecified atom stereocenters. The van der Waals surface area contributed by atoms with Gasteiger partial charge >= 0.3 is 12.3 Å². The Balaban J connectivity index is 1.68. The Labute approximate surface area is 199 Å². The molecule has 8 heteroatoms. The van der Waals surface area contributed by atoms with Gasteiger partial charge in [-0.1, -0.05) is 49.4 Å². The number of hydrogen-bond donors (Lipinski definition) is 0. The van der Waals surface area contributed by atoms with Crippen LogP contribution in [0.1, 0.15) is 35.6 Å². The molecule has 0 amide bonds. The highest BCUT2D eigenvalue weighted by Gasteiger charge is 2.34. The molecule has 0 atom stereocenters. The van der Waals surface area contributed by atoms with Crippen LogP contribution in [0.3, 0.4) is 0 Å². The van der Waals surface area contributed by atoms with Gasteiger partial charge in [0.25, 0.3) is 0 Å². The van der Waals surface area contributed by atoms with Crippen LogP contribution in [0.5, 0.6) is 5.75 Å². The molecule has 0 radical (unpaired) electrons. The van der Waals surface area contributed by atoms with E-state index >= 15 is 0 Å². The molecule has 1 heterocycles. The van der Waals surface area contributed by atoms with Crippen molar-refractivity contribution in [2.24, 2.45) is 4.99 Å². The number of aliphatic imine (C=N–C) groups is 1. The van der Waals surface area contributed by atoms with E-state index in [0.717, 1.165) is 6.07 Å². The van der Waals surface area contributed by atoms with Crippen molar-refractivity contribution >= 4 is 11.5 Å². The summed E-state index contributed by atoms with van der Waals surface area (Å²) < 4.78 is 78.8. The molecule has 3 aromatic carbocycles. The molecule has 0 saturated carbocycles. The van der Waals surface area contributed by atoms with Crippen molar-refractivity contribution in [3.8, 4) is 16.9 Å². The van der Waals surface area contributed by atoms with Crippen molar-refractivity contribution in [2.45, 2.75) is 32.6 Å². The van der Waals surface area contributed by atoms with Crippen LogP contribution < -0.4 is 4.74 Å². The van der Waals surface area contributed by atoms with Gasteiger partial charge in [-0.25, -0.2) is 4.99 Å². The first kappa shape index (κ1) is 24.4. The third-order valence-electron chi connectivity index (χ3n) is 5.59. The molecule has 4 rings (SSSR count). The van der Waals surface area contributed by atoms with E-state index in [-0.39, 0.29) is 18.0 Å². The third kappa shape index (κ3) is 5.37. The Morgan fingerprint density at radius 1 is 0.886 bits per heavy atom. The quantitative estimate of drug-likeness (QED) is 0.331. The lowest BCUT2D eigenvalue weighted by molar-refractivity contribution is -0.177. The highest BCUT2D eigenvalue weighted by Crippen LogP contribution is 2.39. The predicted molar refractivity (Wildman–Crippen MR) is 124 cm³/mol. The SMILES string of the molecule is CCC(F)(F)Oc1ccccc1C1=NCOC(c2ccc(-c3ccccc3C(F)(F)F)c(C)c2)=C1. The number of hydrogen-bond acceptors (Lipinski definition) is 3. The summed E-state index contributed by atoms with van der Waals surface area (Å²) in [4.78, 5) is 4.29. The lowest BCUT2D eigenvalue weighted by Crippen LogP contribution is -2.24. The highest BCUT2D eigenvalue weighted by atomic mass is 19.4. The van der Waals surface area contributed by atoms with Crippen LogP contribution in [-0.2, 0) is 10.9 Å². The number of benzene rings is 3. The van der Waals surface area contributed by atoms with Gasteiger partial charge in [-0.05, 0) is 47.9 Å². The normalized spacial score (nSPS) is 14.1. The van der Waals surface area contributed by atoms with Crippen molar-refractivity contribution in [2.75, 3.05) is 6.73 Å². The van der Waals surface area contributed by atoms with Gasteiger partial charge in [-0.2, -0.15) is 22.0 Å². The zero-order valence-corrected chi connectivity index (χ0v) is 19.0. The van der Waals surface area contributed by atoms with Crippen LogP contribution in [-0.4, -0.2) is 18.6 Å². The van der Waals surface area contributed by atoms with Crippen LogP contribution in [0.25, 0.3) is 16.9 Å². The largest absolute Gasteiger partial charge is 0.471 e. The van der Waals surface area contributed by atoms with Crippen LogP contribution in [0, 0.1) is 6.92 Å². The molecule has 1 aliphatic heterocycles. The Bertz CT molecular complexity index is 1290. The molecular formula is C27H22F5NO2. The van der Waals surface area contributed by atoms with E-state index in [0.29, 0.717) is 33.7 Å². The molecule has 35 heavy (non-hydrogen) atoms. The summed E-state index contributed by atoms with van der Waals surface area (Å²) >= 11 is 0. The average molecular weight is 487 g/mol. The van der Waals surface area contributed by atoms with Crippen molar-refractivity contribution in [3.05, 3.63) is 95.1 Å². The van der Waals surface area contributed by atoms with Crippen LogP contribution >= 0.6 is 0 Å². The van der Waals surface area contributed by atoms with Gasteiger partial charge < -0.3 is 9.47 Å². The molecule has 3 aromatic rings. The number of para-hydroxylation sites is 1. The molecule has 0 fully saturated rings. The van der Waals surface area contributed by atoms with E-state index in [1.807, 2.05) is 0 Å². The topological polar surface area (TPSA) is 30.8 Å². The second kappa shape index (κ2) is 9.52. The number of halogens is 5. The molecule has 3 nitrogen and oxygen atoms in total. The monoisotopic (exact) mass is 487 g/mol. The van der Waals surface area contributed by atoms with Gasteiger partial charge in [0.15, 0.2) is 6.73 Å². The summed E-state index contributed by atoms with van der Waals surface area (Å²) in [5.74, 6) is 0.414. The van der Waals surface area contributed by atoms with E-state index < -0.39 is 24.3 Å². The second-order valence-corrected chi connectivity index (χ2v) is 7.99. The van der Waals surface area contributed by atoms with Gasteiger partial charge in [0.05, 0.1) is 11.3 Å². The Kier molecular flexibility index (Phi) is 6.65. The van der Waals surface area contributed by atoms with E-state index in [2.05, 4.69) is 4.99 Å². The fourth-order valence-corrected chi connectivity index (χ4v) is 3.80. The van der Waals surface area contributed by atoms with E-state index in [9.17, 15) is 22.0 Å². The average Bonchev–Trinajstić information content (AvgIpc) is 2.84. The molecule has 182 valence electrons. The summed E-state index contributed by atoms with van der Waals surface area (Å²) in [6.07, 6.45) is -6.69. The molecule has 0 saturated heterocycles. The molecule has 0 bridgehead atoms. The number of alkyl halides is 5. The fraction of sp³-hybridized carbons (Fsp3) is 0.222. The van der Waals surface area contributed by atoms with Gasteiger partial charge in [0, 0.05) is 23.6 Å². The van der Waals surface area contributed by atoms with Crippen molar-refractivity contribution in [1.82, 2.24) is 0 Å². The summed E-state index contributed by atoms with van der Waals surface area (Å²) in [5, 5.41) is 0. The first-order valence-electron chi connectivity index (χ1n) is 10.9. The van der Waals surface area contributed by atoms with E-state index in [4.69, 9.17) is 9.47 Å². The maximum absolute atomic E-state index is 13.9. The van der Waals surface area contributed by atoms with Crippen molar-refractivity contribution in [1.29, 1.82) is 0 Å². The maximum Gasteiger partial charge on any atom is 0.417 e. The van der Waals surface area contributed by atoms with Crippen molar-refractivity contribution < 1.29 is 31.4 Å². The predicted octanol–water partition coefficient (Wildman–Crippen LogP) is 7.88. The van der Waals surface area contributed by atoms with Gasteiger partial charge in [0.1, 0.15) is 11.5 Å². The fourth-order valence-electron chi connectivity index (χ4n) is 3.80. The minimum absolute atomic E-state index is 0.00844. The first-order chi connectivity index (χ1) is 16.6. The van der Waals surface area contributed by atoms with E-state index in [1.54, 1.807) is 55.5 Å². The van der Waals surface area contributed by atoms with Crippen LogP contribution in [0.15, 0.2) is 77.8 Å². The molecular weight excluding hydrogens is 465 g/mol. The minimum atomic E-state index is -4.48. The number of allylic oxidation sites excluding steroid dienone is 1. The molecule has 0 aliphatic carbocycles. The van der Waals surface area contributed by atoms with Gasteiger partial charge in [-0.15, -0.1) is 0 Å². The van der Waals surface area contributed by atoms with Crippen molar-refractivity contribution in [3.63, 3.8) is 0 Å². The third-order valence-corrected chi connectivity index (χ3v) is 5.59. The lowest BCUT2D eigenvalue weighted by atomic mass is 9.93.